The molecule has 19 heavy (non-hydrogen) atoms. The fourth-order valence-corrected chi connectivity index (χ4v) is 5.32. The van der Waals surface area contributed by atoms with Crippen molar-refractivity contribution < 1.29 is 13.2 Å². The topological polar surface area (TPSA) is 54.5 Å². The smallest absolute Gasteiger partial charge is 0.227 e. The second-order valence-electron chi connectivity index (χ2n) is 5.35. The van der Waals surface area contributed by atoms with Gasteiger partial charge in [0, 0.05) is 18.0 Å². The maximum Gasteiger partial charge on any atom is 0.227 e. The first-order chi connectivity index (χ1) is 9.02. The summed E-state index contributed by atoms with van der Waals surface area (Å²) in [6.07, 6.45) is 1.20. The van der Waals surface area contributed by atoms with Gasteiger partial charge in [-0.15, -0.1) is 0 Å². The largest absolute Gasteiger partial charge is 0.308 e. The van der Waals surface area contributed by atoms with Crippen molar-refractivity contribution in [2.75, 3.05) is 16.4 Å². The number of carbonyl (C=O) groups is 1. The molecule has 2 saturated heterocycles. The number of rotatable bonds is 2. The van der Waals surface area contributed by atoms with E-state index in [1.807, 2.05) is 31.2 Å². The van der Waals surface area contributed by atoms with Gasteiger partial charge in [0.15, 0.2) is 9.84 Å². The summed E-state index contributed by atoms with van der Waals surface area (Å²) >= 11 is 0. The van der Waals surface area contributed by atoms with Crippen molar-refractivity contribution in [2.45, 2.75) is 25.8 Å². The van der Waals surface area contributed by atoms with Crippen LogP contribution in [0, 0.1) is 5.92 Å². The highest BCUT2D eigenvalue weighted by Gasteiger charge is 2.49. The lowest BCUT2D eigenvalue weighted by atomic mass is 10.0. The Balaban J connectivity index is 2.02. The fraction of sp³-hybridized carbons (Fsp3) is 0.500. The van der Waals surface area contributed by atoms with Crippen LogP contribution in [-0.2, 0) is 21.1 Å². The molecule has 2 aliphatic rings. The Labute approximate surface area is 113 Å². The number of fused-ring (bicyclic) bond motifs is 1. The maximum atomic E-state index is 12.2. The van der Waals surface area contributed by atoms with Gasteiger partial charge >= 0.3 is 0 Å². The van der Waals surface area contributed by atoms with Crippen LogP contribution in [0.25, 0.3) is 0 Å². The van der Waals surface area contributed by atoms with Crippen molar-refractivity contribution in [1.29, 1.82) is 0 Å². The molecule has 0 aromatic heterocycles. The van der Waals surface area contributed by atoms with E-state index in [9.17, 15) is 13.2 Å². The van der Waals surface area contributed by atoms with Crippen molar-refractivity contribution in [2.24, 2.45) is 5.92 Å². The van der Waals surface area contributed by atoms with E-state index < -0.39 is 9.84 Å². The first kappa shape index (κ1) is 12.7. The zero-order valence-electron chi connectivity index (χ0n) is 10.9. The van der Waals surface area contributed by atoms with Gasteiger partial charge in [-0.1, -0.05) is 25.1 Å². The third-order valence-electron chi connectivity index (χ3n) is 4.11. The highest BCUT2D eigenvalue weighted by atomic mass is 32.2. The number of anilines is 1. The van der Waals surface area contributed by atoms with Crippen LogP contribution in [0.4, 0.5) is 5.69 Å². The molecular weight excluding hydrogens is 262 g/mol. The summed E-state index contributed by atoms with van der Waals surface area (Å²) in [5.74, 6) is 0.309. The second kappa shape index (κ2) is 4.34. The number of amides is 1. The predicted molar refractivity (Wildman–Crippen MR) is 73.9 cm³/mol. The Morgan fingerprint density at radius 2 is 2.00 bits per heavy atom. The molecule has 102 valence electrons. The van der Waals surface area contributed by atoms with Crippen LogP contribution in [0.3, 0.4) is 0 Å². The molecule has 0 bridgehead atoms. The molecule has 3 rings (SSSR count). The molecule has 0 aliphatic carbocycles. The molecule has 1 aromatic carbocycles. The van der Waals surface area contributed by atoms with Crippen LogP contribution in [-0.4, -0.2) is 31.9 Å². The minimum atomic E-state index is -2.98. The summed E-state index contributed by atoms with van der Waals surface area (Å²) < 4.78 is 23.5. The number of hydrogen-bond donors (Lipinski definition) is 0. The molecule has 2 atom stereocenters. The molecule has 2 heterocycles. The number of hydrogen-bond acceptors (Lipinski definition) is 3. The summed E-state index contributed by atoms with van der Waals surface area (Å²) in [7, 11) is -2.98. The van der Waals surface area contributed by atoms with Crippen molar-refractivity contribution in [3.05, 3.63) is 29.8 Å². The van der Waals surface area contributed by atoms with Gasteiger partial charge in [0.2, 0.25) is 5.91 Å². The lowest BCUT2D eigenvalue weighted by molar-refractivity contribution is -0.117. The highest BCUT2D eigenvalue weighted by Crippen LogP contribution is 2.38. The van der Waals surface area contributed by atoms with Gasteiger partial charge in [-0.3, -0.25) is 4.79 Å². The Kier molecular flexibility index (Phi) is 2.89. The number of benzene rings is 1. The van der Waals surface area contributed by atoms with Gasteiger partial charge in [0.25, 0.3) is 0 Å². The van der Waals surface area contributed by atoms with Gasteiger partial charge in [-0.05, 0) is 18.1 Å². The zero-order valence-corrected chi connectivity index (χ0v) is 11.7. The molecule has 0 radical (unpaired) electrons. The van der Waals surface area contributed by atoms with Crippen molar-refractivity contribution >= 4 is 21.4 Å². The molecule has 0 spiro atoms. The van der Waals surface area contributed by atoms with Crippen molar-refractivity contribution in [3.63, 3.8) is 0 Å². The third kappa shape index (κ3) is 2.06. The molecular formula is C14H17NO3S. The molecule has 4 nitrogen and oxygen atoms in total. The van der Waals surface area contributed by atoms with Gasteiger partial charge < -0.3 is 4.90 Å². The first-order valence-electron chi connectivity index (χ1n) is 6.62. The van der Waals surface area contributed by atoms with Crippen LogP contribution in [0.2, 0.25) is 0 Å². The van der Waals surface area contributed by atoms with Crippen LogP contribution >= 0.6 is 0 Å². The van der Waals surface area contributed by atoms with E-state index in [1.54, 1.807) is 4.90 Å². The monoisotopic (exact) mass is 279 g/mol. The molecule has 1 aromatic rings. The summed E-state index contributed by atoms with van der Waals surface area (Å²) in [5.41, 5.74) is 1.99. The van der Waals surface area contributed by atoms with E-state index >= 15 is 0 Å². The minimum Gasteiger partial charge on any atom is -0.308 e. The Hall–Kier alpha value is -1.36. The quantitative estimate of drug-likeness (QED) is 0.822. The van der Waals surface area contributed by atoms with E-state index in [-0.39, 0.29) is 29.4 Å². The number of carbonyl (C=O) groups excluding carboxylic acids is 1. The van der Waals surface area contributed by atoms with Gasteiger partial charge in [-0.25, -0.2) is 8.42 Å². The van der Waals surface area contributed by atoms with Crippen molar-refractivity contribution in [3.8, 4) is 0 Å². The summed E-state index contributed by atoms with van der Waals surface area (Å²) in [6, 6.07) is 7.61. The fourth-order valence-electron chi connectivity index (χ4n) is 3.25. The Bertz CT molecular complexity index is 623. The molecule has 2 unspecified atom stereocenters. The summed E-state index contributed by atoms with van der Waals surface area (Å²) in [4.78, 5) is 13.9. The lowest BCUT2D eigenvalue weighted by Gasteiger charge is -2.25. The van der Waals surface area contributed by atoms with E-state index in [1.165, 1.54) is 0 Å². The lowest BCUT2D eigenvalue weighted by Crippen LogP contribution is -2.36. The van der Waals surface area contributed by atoms with E-state index in [0.717, 1.165) is 17.7 Å². The van der Waals surface area contributed by atoms with Gasteiger partial charge in [-0.2, -0.15) is 0 Å². The Morgan fingerprint density at radius 3 is 2.74 bits per heavy atom. The predicted octanol–water partition coefficient (Wildman–Crippen LogP) is 1.40. The molecule has 5 heteroatoms. The summed E-state index contributed by atoms with van der Waals surface area (Å²) in [6.45, 7) is 2.04. The van der Waals surface area contributed by atoms with E-state index in [0.29, 0.717) is 6.42 Å². The number of nitrogens with zero attached hydrogens (tertiary/aromatic N) is 1. The Morgan fingerprint density at radius 1 is 1.26 bits per heavy atom. The normalized spacial score (nSPS) is 28.7. The number of para-hydroxylation sites is 1. The molecule has 0 N–H and O–H groups in total. The van der Waals surface area contributed by atoms with Gasteiger partial charge in [0.05, 0.1) is 17.5 Å². The van der Waals surface area contributed by atoms with Crippen LogP contribution in [0.1, 0.15) is 18.9 Å². The third-order valence-corrected chi connectivity index (χ3v) is 5.89. The van der Waals surface area contributed by atoms with Crippen molar-refractivity contribution in [1.82, 2.24) is 0 Å². The minimum absolute atomic E-state index is 0.0255. The van der Waals surface area contributed by atoms with Crippen LogP contribution in [0.5, 0.6) is 0 Å². The maximum absolute atomic E-state index is 12.2. The zero-order chi connectivity index (χ0) is 13.6. The number of sulfone groups is 1. The highest BCUT2D eigenvalue weighted by molar-refractivity contribution is 7.91. The first-order valence-corrected chi connectivity index (χ1v) is 8.44. The van der Waals surface area contributed by atoms with Crippen LogP contribution in [0.15, 0.2) is 24.3 Å². The molecule has 2 aliphatic heterocycles. The molecule has 1 amide bonds. The van der Waals surface area contributed by atoms with E-state index in [4.69, 9.17) is 0 Å². The van der Waals surface area contributed by atoms with E-state index in [2.05, 4.69) is 0 Å². The van der Waals surface area contributed by atoms with Gasteiger partial charge in [0.1, 0.15) is 0 Å². The second-order valence-corrected chi connectivity index (χ2v) is 7.51. The van der Waals surface area contributed by atoms with Crippen LogP contribution < -0.4 is 4.90 Å². The molecule has 2 fully saturated rings. The average Bonchev–Trinajstić information content (AvgIpc) is 2.79. The number of aryl methyl sites for hydroxylation is 1. The summed E-state index contributed by atoms with van der Waals surface area (Å²) in [5, 5.41) is 0. The molecule has 0 saturated carbocycles. The average molecular weight is 279 g/mol. The SMILES string of the molecule is CCc1ccccc1N1C(=O)CC2CS(=O)(=O)CC21. The standard InChI is InChI=1S/C14H17NO3S/c1-2-10-5-3-4-6-12(10)15-13-9-19(17,18)8-11(13)7-14(15)16/h3-6,11,13H,2,7-9H2,1H3.